The van der Waals surface area contributed by atoms with Crippen LogP contribution in [0.15, 0.2) is 18.5 Å². The molecule has 1 aromatic rings. The maximum atomic E-state index is 14.1. The Morgan fingerprint density at radius 1 is 1.37 bits per heavy atom. The van der Waals surface area contributed by atoms with Gasteiger partial charge in [-0.25, -0.2) is 4.39 Å². The first kappa shape index (κ1) is 14.4. The Morgan fingerprint density at radius 3 is 2.74 bits per heavy atom. The van der Waals surface area contributed by atoms with E-state index in [-0.39, 0.29) is 11.3 Å². The molecule has 1 saturated heterocycles. The molecular formula is C16H25FN2. The molecule has 1 aliphatic heterocycles. The number of halogens is 1. The number of rotatable bonds is 2. The topological polar surface area (TPSA) is 16.1 Å². The summed E-state index contributed by atoms with van der Waals surface area (Å²) in [5.41, 5.74) is 2.50. The summed E-state index contributed by atoms with van der Waals surface area (Å²) in [5.74, 6) is 0.146. The van der Waals surface area contributed by atoms with Crippen LogP contribution >= 0.6 is 0 Å². The van der Waals surface area contributed by atoms with Crippen LogP contribution in [0.3, 0.4) is 0 Å². The van der Waals surface area contributed by atoms with Gasteiger partial charge in [0.1, 0.15) is 6.17 Å². The van der Waals surface area contributed by atoms with E-state index in [1.807, 2.05) is 19.4 Å². The highest BCUT2D eigenvalue weighted by atomic mass is 19.1. The summed E-state index contributed by atoms with van der Waals surface area (Å²) in [7, 11) is 1.99. The fraction of sp³-hybridized carbons (Fsp3) is 0.688. The average molecular weight is 264 g/mol. The minimum absolute atomic E-state index is 0.102. The van der Waals surface area contributed by atoms with Crippen molar-refractivity contribution >= 4 is 0 Å². The lowest BCUT2D eigenvalue weighted by molar-refractivity contribution is 0.102. The van der Waals surface area contributed by atoms with Crippen molar-refractivity contribution in [3.8, 4) is 0 Å². The summed E-state index contributed by atoms with van der Waals surface area (Å²) in [5, 5.41) is 0. The molecule has 19 heavy (non-hydrogen) atoms. The molecule has 0 spiro atoms. The van der Waals surface area contributed by atoms with Gasteiger partial charge in [-0.2, -0.15) is 0 Å². The second-order valence-corrected chi connectivity index (χ2v) is 6.86. The molecule has 0 N–H and O–H groups in total. The zero-order valence-electron chi connectivity index (χ0n) is 12.5. The molecular weight excluding hydrogens is 239 g/mol. The number of likely N-dealkylation sites (tertiary alicyclic amines) is 1. The highest BCUT2D eigenvalue weighted by molar-refractivity contribution is 5.24. The van der Waals surface area contributed by atoms with Crippen molar-refractivity contribution in [3.05, 3.63) is 29.6 Å². The van der Waals surface area contributed by atoms with E-state index >= 15 is 0 Å². The molecule has 1 aliphatic rings. The predicted molar refractivity (Wildman–Crippen MR) is 77.1 cm³/mol. The number of hydrogen-bond acceptors (Lipinski definition) is 2. The van der Waals surface area contributed by atoms with Gasteiger partial charge in [0.2, 0.25) is 0 Å². The summed E-state index contributed by atoms with van der Waals surface area (Å²) in [6.45, 7) is 8.11. The van der Waals surface area contributed by atoms with Gasteiger partial charge in [-0.05, 0) is 48.9 Å². The van der Waals surface area contributed by atoms with Gasteiger partial charge in [0.05, 0.1) is 0 Å². The van der Waals surface area contributed by atoms with Crippen molar-refractivity contribution in [1.29, 1.82) is 0 Å². The fourth-order valence-corrected chi connectivity index (χ4v) is 2.65. The van der Waals surface area contributed by atoms with E-state index in [9.17, 15) is 4.39 Å². The van der Waals surface area contributed by atoms with Gasteiger partial charge >= 0.3 is 0 Å². The second kappa shape index (κ2) is 5.58. The first-order chi connectivity index (χ1) is 8.86. The van der Waals surface area contributed by atoms with Gasteiger partial charge in [-0.15, -0.1) is 0 Å². The molecule has 0 aliphatic carbocycles. The summed E-state index contributed by atoms with van der Waals surface area (Å²) >= 11 is 0. The van der Waals surface area contributed by atoms with Crippen LogP contribution in [-0.2, 0) is 11.8 Å². The standard InChI is InChI=1S/C16H25FN2/c1-16(2,3)14-8-12(9-18-10-14)7-13-5-6-19(4)11-15(13)17/h8-10,13,15H,5-7,11H2,1-4H3/t13?,15-/m0/s1. The van der Waals surface area contributed by atoms with Crippen LogP contribution in [0, 0.1) is 5.92 Å². The summed E-state index contributed by atoms with van der Waals surface area (Å²) in [6.07, 6.45) is 4.85. The highest BCUT2D eigenvalue weighted by Gasteiger charge is 2.27. The lowest BCUT2D eigenvalue weighted by Crippen LogP contribution is -2.40. The van der Waals surface area contributed by atoms with E-state index in [1.165, 1.54) is 11.1 Å². The van der Waals surface area contributed by atoms with Gasteiger partial charge in [0.25, 0.3) is 0 Å². The number of pyridine rings is 1. The van der Waals surface area contributed by atoms with Crippen molar-refractivity contribution < 1.29 is 4.39 Å². The normalized spacial score (nSPS) is 25.5. The molecule has 2 rings (SSSR count). The third-order valence-electron chi connectivity index (χ3n) is 4.04. The second-order valence-electron chi connectivity index (χ2n) is 6.86. The molecule has 1 fully saturated rings. The molecule has 1 unspecified atom stereocenters. The molecule has 2 nitrogen and oxygen atoms in total. The van der Waals surface area contributed by atoms with Gasteiger partial charge in [-0.3, -0.25) is 4.98 Å². The minimum atomic E-state index is -0.711. The van der Waals surface area contributed by atoms with E-state index < -0.39 is 6.17 Å². The molecule has 0 aromatic carbocycles. The van der Waals surface area contributed by atoms with E-state index in [2.05, 4.69) is 36.7 Å². The Kier molecular flexibility index (Phi) is 4.24. The molecule has 3 heteroatoms. The minimum Gasteiger partial charge on any atom is -0.303 e. The molecule has 0 amide bonds. The average Bonchev–Trinajstić information content (AvgIpc) is 2.32. The van der Waals surface area contributed by atoms with Crippen LogP contribution in [0.1, 0.15) is 38.3 Å². The molecule has 2 atom stereocenters. The number of nitrogens with zero attached hydrogens (tertiary/aromatic N) is 2. The van der Waals surface area contributed by atoms with Gasteiger partial charge in [-0.1, -0.05) is 26.8 Å². The SMILES string of the molecule is CN1CCC(Cc2cncc(C(C)(C)C)c2)[C@@H](F)C1. The van der Waals surface area contributed by atoms with E-state index in [0.717, 1.165) is 19.4 Å². The molecule has 2 heterocycles. The van der Waals surface area contributed by atoms with Crippen LogP contribution in [0.4, 0.5) is 4.39 Å². The quantitative estimate of drug-likeness (QED) is 0.815. The number of aromatic nitrogens is 1. The van der Waals surface area contributed by atoms with Crippen molar-refractivity contribution in [2.45, 2.75) is 45.2 Å². The Bertz CT molecular complexity index is 425. The van der Waals surface area contributed by atoms with Crippen LogP contribution in [0.5, 0.6) is 0 Å². The maximum absolute atomic E-state index is 14.1. The molecule has 0 bridgehead atoms. The Morgan fingerprint density at radius 2 is 2.11 bits per heavy atom. The third-order valence-corrected chi connectivity index (χ3v) is 4.04. The number of alkyl halides is 1. The van der Waals surface area contributed by atoms with Gasteiger partial charge < -0.3 is 4.90 Å². The van der Waals surface area contributed by atoms with Gasteiger partial charge in [0.15, 0.2) is 0 Å². The first-order valence-electron chi connectivity index (χ1n) is 7.13. The Balaban J connectivity index is 2.07. The summed E-state index contributed by atoms with van der Waals surface area (Å²) < 4.78 is 14.1. The van der Waals surface area contributed by atoms with E-state index in [4.69, 9.17) is 0 Å². The van der Waals surface area contributed by atoms with E-state index in [1.54, 1.807) is 0 Å². The maximum Gasteiger partial charge on any atom is 0.116 e. The lowest BCUT2D eigenvalue weighted by atomic mass is 9.85. The van der Waals surface area contributed by atoms with Crippen molar-refractivity contribution in [3.63, 3.8) is 0 Å². The number of piperidine rings is 1. The van der Waals surface area contributed by atoms with Crippen LogP contribution < -0.4 is 0 Å². The van der Waals surface area contributed by atoms with E-state index in [0.29, 0.717) is 6.54 Å². The number of hydrogen-bond donors (Lipinski definition) is 0. The third kappa shape index (κ3) is 3.75. The highest BCUT2D eigenvalue weighted by Crippen LogP contribution is 2.26. The predicted octanol–water partition coefficient (Wildman–Crippen LogP) is 3.21. The Hall–Kier alpha value is -0.960. The van der Waals surface area contributed by atoms with Crippen molar-refractivity contribution in [2.75, 3.05) is 20.1 Å². The lowest BCUT2D eigenvalue weighted by Gasteiger charge is -2.32. The molecule has 1 aromatic heterocycles. The monoisotopic (exact) mass is 264 g/mol. The first-order valence-corrected chi connectivity index (χ1v) is 7.13. The summed E-state index contributed by atoms with van der Waals surface area (Å²) in [4.78, 5) is 6.40. The van der Waals surface area contributed by atoms with Crippen LogP contribution in [0.2, 0.25) is 0 Å². The largest absolute Gasteiger partial charge is 0.303 e. The van der Waals surface area contributed by atoms with Gasteiger partial charge in [0, 0.05) is 18.9 Å². The van der Waals surface area contributed by atoms with Crippen molar-refractivity contribution in [2.24, 2.45) is 5.92 Å². The zero-order valence-corrected chi connectivity index (χ0v) is 12.5. The van der Waals surface area contributed by atoms with Crippen LogP contribution in [-0.4, -0.2) is 36.2 Å². The zero-order chi connectivity index (χ0) is 14.0. The van der Waals surface area contributed by atoms with Crippen LogP contribution in [0.25, 0.3) is 0 Å². The Labute approximate surface area is 116 Å². The molecule has 106 valence electrons. The smallest absolute Gasteiger partial charge is 0.116 e. The fourth-order valence-electron chi connectivity index (χ4n) is 2.65. The summed E-state index contributed by atoms with van der Waals surface area (Å²) in [6, 6.07) is 2.19. The van der Waals surface area contributed by atoms with Crippen molar-refractivity contribution in [1.82, 2.24) is 9.88 Å². The molecule has 0 saturated carbocycles. The molecule has 0 radical (unpaired) electrons.